The Kier molecular flexibility index (Phi) is 7.07. The predicted molar refractivity (Wildman–Crippen MR) is 107 cm³/mol. The van der Waals surface area contributed by atoms with Crippen molar-refractivity contribution in [2.75, 3.05) is 26.3 Å². The molecule has 4 amide bonds. The summed E-state index contributed by atoms with van der Waals surface area (Å²) in [5, 5.41) is 1.43. The highest BCUT2D eigenvalue weighted by Gasteiger charge is 2.48. The van der Waals surface area contributed by atoms with Gasteiger partial charge < -0.3 is 14.5 Å². The molecule has 10 heteroatoms. The summed E-state index contributed by atoms with van der Waals surface area (Å²) < 4.78 is 5.37. The summed E-state index contributed by atoms with van der Waals surface area (Å²) in [6.07, 6.45) is 3.56. The molecule has 0 saturated carbocycles. The van der Waals surface area contributed by atoms with Crippen molar-refractivity contribution in [1.82, 2.24) is 20.3 Å². The van der Waals surface area contributed by atoms with Crippen LogP contribution in [0.4, 0.5) is 9.59 Å². The van der Waals surface area contributed by atoms with Gasteiger partial charge in [0, 0.05) is 13.1 Å². The molecule has 10 nitrogen and oxygen atoms in total. The van der Waals surface area contributed by atoms with Crippen LogP contribution in [-0.2, 0) is 19.2 Å². The summed E-state index contributed by atoms with van der Waals surface area (Å²) in [5.41, 5.74) is 1.90. The quantitative estimate of drug-likeness (QED) is 0.471. The molecule has 3 atom stereocenters. The lowest BCUT2D eigenvalue weighted by Crippen LogP contribution is -2.56. The normalized spacial score (nSPS) is 25.9. The predicted octanol–water partition coefficient (Wildman–Crippen LogP) is 2.04. The second kappa shape index (κ2) is 9.38. The van der Waals surface area contributed by atoms with Gasteiger partial charge in [0.15, 0.2) is 0 Å². The summed E-state index contributed by atoms with van der Waals surface area (Å²) >= 11 is 0. The first kappa shape index (κ1) is 22.6. The molecule has 1 N–H and O–H groups in total. The van der Waals surface area contributed by atoms with E-state index in [0.29, 0.717) is 32.5 Å². The highest BCUT2D eigenvalue weighted by Crippen LogP contribution is 2.30. The fraction of sp³-hybridized carbons (Fsp3) is 0.850. The Balaban J connectivity index is 1.43. The zero-order valence-electron chi connectivity index (χ0n) is 18.4. The van der Waals surface area contributed by atoms with Gasteiger partial charge in [-0.15, -0.1) is 0 Å². The molecule has 30 heavy (non-hydrogen) atoms. The van der Waals surface area contributed by atoms with E-state index in [-0.39, 0.29) is 36.7 Å². The number of nitrogens with one attached hydrogen (secondary N) is 1. The SMILES string of the molecule is CCCCON1C(=O)N2C[C@@H]1CC[C@H]2C(=O)NOC[C@@H]1CCN1C(=O)OC(C)(C)C. The van der Waals surface area contributed by atoms with Crippen molar-refractivity contribution in [2.24, 2.45) is 0 Å². The Hall–Kier alpha value is -2.07. The molecule has 170 valence electrons. The van der Waals surface area contributed by atoms with Crippen molar-refractivity contribution in [1.29, 1.82) is 0 Å². The Morgan fingerprint density at radius 1 is 1.20 bits per heavy atom. The number of rotatable bonds is 8. The van der Waals surface area contributed by atoms with Crippen LogP contribution < -0.4 is 5.48 Å². The molecule has 3 rings (SSSR count). The van der Waals surface area contributed by atoms with E-state index in [4.69, 9.17) is 14.4 Å². The van der Waals surface area contributed by atoms with E-state index >= 15 is 0 Å². The van der Waals surface area contributed by atoms with Crippen LogP contribution in [-0.4, -0.2) is 82.9 Å². The lowest BCUT2D eigenvalue weighted by atomic mass is 10.0. The van der Waals surface area contributed by atoms with E-state index < -0.39 is 11.6 Å². The number of unbranched alkanes of at least 4 members (excludes halogenated alkanes) is 1. The third kappa shape index (κ3) is 5.15. The monoisotopic (exact) mass is 426 g/mol. The standard InChI is InChI=1S/C20H34N4O6/c1-5-6-11-29-24-14-7-8-16(23(12-14)18(24)26)17(25)21-28-13-15-9-10-22(15)19(27)30-20(2,3)4/h14-16H,5-13H2,1-4H3,(H,21,25)/t14-,15-,16-/m0/s1. The first-order chi connectivity index (χ1) is 14.2. The molecule has 0 aromatic carbocycles. The van der Waals surface area contributed by atoms with Gasteiger partial charge in [-0.2, -0.15) is 5.06 Å². The minimum atomic E-state index is -0.572. The van der Waals surface area contributed by atoms with Crippen LogP contribution in [0, 0.1) is 0 Å². The van der Waals surface area contributed by atoms with Crippen molar-refractivity contribution in [3.8, 4) is 0 Å². The molecule has 3 heterocycles. The summed E-state index contributed by atoms with van der Waals surface area (Å²) in [6, 6.07) is -0.968. The molecule has 0 aromatic rings. The van der Waals surface area contributed by atoms with E-state index in [0.717, 1.165) is 19.3 Å². The number of urea groups is 1. The van der Waals surface area contributed by atoms with Crippen molar-refractivity contribution >= 4 is 18.0 Å². The summed E-state index contributed by atoms with van der Waals surface area (Å²) in [5.74, 6) is -0.347. The number of hydroxylamine groups is 3. The maximum absolute atomic E-state index is 12.6. The molecule has 3 aliphatic rings. The minimum absolute atomic E-state index is 0.00307. The third-order valence-electron chi connectivity index (χ3n) is 5.57. The van der Waals surface area contributed by atoms with Crippen molar-refractivity contribution in [3.63, 3.8) is 0 Å². The first-order valence-electron chi connectivity index (χ1n) is 10.8. The maximum Gasteiger partial charge on any atom is 0.410 e. The van der Waals surface area contributed by atoms with Gasteiger partial charge in [-0.1, -0.05) is 13.3 Å². The van der Waals surface area contributed by atoms with Crippen molar-refractivity contribution in [2.45, 2.75) is 83.5 Å². The fourth-order valence-corrected chi connectivity index (χ4v) is 3.83. The minimum Gasteiger partial charge on any atom is -0.444 e. The van der Waals surface area contributed by atoms with Crippen LogP contribution >= 0.6 is 0 Å². The van der Waals surface area contributed by atoms with E-state index in [1.165, 1.54) is 5.06 Å². The molecule has 2 bridgehead atoms. The molecular formula is C20H34N4O6. The van der Waals surface area contributed by atoms with Crippen LogP contribution in [0.2, 0.25) is 0 Å². The third-order valence-corrected chi connectivity index (χ3v) is 5.57. The number of nitrogens with zero attached hydrogens (tertiary/aromatic N) is 3. The number of carbonyl (C=O) groups is 3. The summed E-state index contributed by atoms with van der Waals surface area (Å²) in [7, 11) is 0. The average molecular weight is 427 g/mol. The Morgan fingerprint density at radius 3 is 2.60 bits per heavy atom. The fourth-order valence-electron chi connectivity index (χ4n) is 3.83. The van der Waals surface area contributed by atoms with Crippen molar-refractivity contribution in [3.05, 3.63) is 0 Å². The largest absolute Gasteiger partial charge is 0.444 e. The van der Waals surface area contributed by atoms with Gasteiger partial charge >= 0.3 is 12.1 Å². The van der Waals surface area contributed by atoms with Crippen LogP contribution in [0.15, 0.2) is 0 Å². The van der Waals surface area contributed by atoms with E-state index in [1.54, 1.807) is 9.80 Å². The van der Waals surface area contributed by atoms with E-state index in [1.807, 2.05) is 20.8 Å². The number of hydrogen-bond acceptors (Lipinski definition) is 6. The van der Waals surface area contributed by atoms with Crippen LogP contribution in [0.1, 0.15) is 59.8 Å². The van der Waals surface area contributed by atoms with E-state index in [9.17, 15) is 14.4 Å². The number of hydrogen-bond donors (Lipinski definition) is 1. The number of ether oxygens (including phenoxy) is 1. The van der Waals surface area contributed by atoms with Crippen molar-refractivity contribution < 1.29 is 28.8 Å². The summed E-state index contributed by atoms with van der Waals surface area (Å²) in [6.45, 7) is 9.30. The van der Waals surface area contributed by atoms with Gasteiger partial charge in [0.1, 0.15) is 11.6 Å². The molecular weight excluding hydrogens is 392 g/mol. The smallest absolute Gasteiger partial charge is 0.410 e. The molecule has 3 saturated heterocycles. The van der Waals surface area contributed by atoms with Gasteiger partial charge in [-0.05, 0) is 46.5 Å². The zero-order valence-corrected chi connectivity index (χ0v) is 18.4. The number of amides is 4. The Bertz CT molecular complexity index is 652. The molecule has 3 fully saturated rings. The second-order valence-electron chi connectivity index (χ2n) is 9.09. The van der Waals surface area contributed by atoms with E-state index in [2.05, 4.69) is 12.4 Å². The van der Waals surface area contributed by atoms with Crippen LogP contribution in [0.25, 0.3) is 0 Å². The zero-order chi connectivity index (χ0) is 21.9. The molecule has 0 radical (unpaired) electrons. The maximum atomic E-state index is 12.6. The highest BCUT2D eigenvalue weighted by molar-refractivity contribution is 5.88. The number of fused-ring (bicyclic) bond motifs is 2. The molecule has 0 spiro atoms. The first-order valence-corrected chi connectivity index (χ1v) is 10.8. The van der Waals surface area contributed by atoms with Gasteiger partial charge in [0.25, 0.3) is 5.91 Å². The average Bonchev–Trinajstić information content (AvgIpc) is 2.87. The lowest BCUT2D eigenvalue weighted by molar-refractivity contribution is -0.141. The summed E-state index contributed by atoms with van der Waals surface area (Å²) in [4.78, 5) is 51.5. The Labute approximate surface area is 177 Å². The lowest BCUT2D eigenvalue weighted by Gasteiger charge is -2.41. The molecule has 0 unspecified atom stereocenters. The van der Waals surface area contributed by atoms with Crippen LogP contribution in [0.3, 0.4) is 0 Å². The number of piperidine rings is 1. The van der Waals surface area contributed by atoms with Gasteiger partial charge in [-0.3, -0.25) is 14.5 Å². The van der Waals surface area contributed by atoms with Gasteiger partial charge in [0.2, 0.25) is 0 Å². The topological polar surface area (TPSA) is 101 Å². The number of carbonyl (C=O) groups excluding carboxylic acids is 3. The van der Waals surface area contributed by atoms with Crippen LogP contribution in [0.5, 0.6) is 0 Å². The number of likely N-dealkylation sites (tertiary alicyclic amines) is 1. The molecule has 0 aromatic heterocycles. The highest BCUT2D eigenvalue weighted by atomic mass is 16.7. The Morgan fingerprint density at radius 2 is 1.97 bits per heavy atom. The van der Waals surface area contributed by atoms with Gasteiger partial charge in [0.05, 0.1) is 25.3 Å². The molecule has 3 aliphatic heterocycles. The second-order valence-corrected chi connectivity index (χ2v) is 9.09. The van der Waals surface area contributed by atoms with Gasteiger partial charge in [-0.25, -0.2) is 15.1 Å². The molecule has 0 aliphatic carbocycles.